The van der Waals surface area contributed by atoms with Gasteiger partial charge in [0.2, 0.25) is 5.91 Å². The number of aryl methyl sites for hydroxylation is 1. The molecule has 8 heteroatoms. The van der Waals surface area contributed by atoms with Crippen molar-refractivity contribution in [3.05, 3.63) is 82.8 Å². The van der Waals surface area contributed by atoms with Gasteiger partial charge in [-0.2, -0.15) is 5.10 Å². The Morgan fingerprint density at radius 3 is 2.66 bits per heavy atom. The molecule has 4 rings (SSSR count). The molecule has 2 heterocycles. The maximum Gasteiger partial charge on any atom is 0.262 e. The summed E-state index contributed by atoms with van der Waals surface area (Å²) in [6.07, 6.45) is 2.13. The number of furan rings is 1. The van der Waals surface area contributed by atoms with E-state index in [9.17, 15) is 9.59 Å². The zero-order valence-electron chi connectivity index (χ0n) is 17.8. The maximum absolute atomic E-state index is 13.2. The fraction of sp³-hybridized carbons (Fsp3) is 0.208. The normalized spacial score (nSPS) is 15.4. The average Bonchev–Trinajstić information content (AvgIpc) is 3.44. The Balaban J connectivity index is 1.53. The molecular formula is C24H23ClN4O3. The van der Waals surface area contributed by atoms with Crippen LogP contribution in [0.1, 0.15) is 36.3 Å². The number of benzene rings is 2. The molecular weight excluding hydrogens is 428 g/mol. The summed E-state index contributed by atoms with van der Waals surface area (Å²) in [4.78, 5) is 24.5. The van der Waals surface area contributed by atoms with Crippen molar-refractivity contribution in [3.8, 4) is 0 Å². The van der Waals surface area contributed by atoms with Gasteiger partial charge in [-0.25, -0.2) is 5.01 Å². The number of rotatable bonds is 6. The first kappa shape index (κ1) is 21.6. The molecule has 164 valence electrons. The molecule has 0 fully saturated rings. The van der Waals surface area contributed by atoms with E-state index in [1.807, 2.05) is 37.3 Å². The third kappa shape index (κ3) is 4.84. The Bertz CT molecular complexity index is 1160. The SMILES string of the molecule is CC(=O)Nc1ccc(C)c(NCC(=O)N2N=C(c3ccc(Cl)cc3)CC2c2ccco2)c1. The topological polar surface area (TPSA) is 86.9 Å². The molecule has 3 aromatic rings. The van der Waals surface area contributed by atoms with Crippen molar-refractivity contribution in [3.63, 3.8) is 0 Å². The van der Waals surface area contributed by atoms with Gasteiger partial charge in [-0.3, -0.25) is 9.59 Å². The van der Waals surface area contributed by atoms with E-state index in [1.54, 1.807) is 30.5 Å². The highest BCUT2D eigenvalue weighted by molar-refractivity contribution is 6.30. The lowest BCUT2D eigenvalue weighted by Crippen LogP contribution is -2.32. The standard InChI is InChI=1S/C24H23ClN4O3/c1-15-5-10-19(27-16(2)30)12-20(15)26-14-24(31)29-22(23-4-3-11-32-23)13-21(28-29)17-6-8-18(25)9-7-17/h3-12,22,26H,13-14H2,1-2H3,(H,27,30). The predicted octanol–water partition coefficient (Wildman–Crippen LogP) is 4.99. The second-order valence-corrected chi connectivity index (χ2v) is 8.03. The number of carbonyl (C=O) groups is 2. The molecule has 0 spiro atoms. The van der Waals surface area contributed by atoms with Gasteiger partial charge < -0.3 is 15.1 Å². The lowest BCUT2D eigenvalue weighted by atomic mass is 10.0. The number of nitrogens with zero attached hydrogens (tertiary/aromatic N) is 2. The van der Waals surface area contributed by atoms with E-state index in [2.05, 4.69) is 15.7 Å². The average molecular weight is 451 g/mol. The minimum absolute atomic E-state index is 0.0406. The van der Waals surface area contributed by atoms with Gasteiger partial charge in [0.05, 0.1) is 18.5 Å². The highest BCUT2D eigenvalue weighted by atomic mass is 35.5. The summed E-state index contributed by atoms with van der Waals surface area (Å²) in [6.45, 7) is 3.43. The molecule has 2 amide bonds. The van der Waals surface area contributed by atoms with E-state index in [0.717, 1.165) is 22.5 Å². The number of carbonyl (C=O) groups excluding carboxylic acids is 2. The smallest absolute Gasteiger partial charge is 0.262 e. The van der Waals surface area contributed by atoms with E-state index in [0.29, 0.717) is 22.9 Å². The van der Waals surface area contributed by atoms with E-state index in [1.165, 1.54) is 11.9 Å². The van der Waals surface area contributed by atoms with Gasteiger partial charge >= 0.3 is 0 Å². The van der Waals surface area contributed by atoms with Gasteiger partial charge in [-0.1, -0.05) is 29.8 Å². The molecule has 1 aromatic heterocycles. The van der Waals surface area contributed by atoms with Crippen LogP contribution in [0.3, 0.4) is 0 Å². The number of halogens is 1. The second kappa shape index (κ2) is 9.28. The molecule has 0 aliphatic carbocycles. The Hall–Kier alpha value is -3.58. The molecule has 7 nitrogen and oxygen atoms in total. The van der Waals surface area contributed by atoms with Gasteiger partial charge in [-0.05, 0) is 54.4 Å². The van der Waals surface area contributed by atoms with Gasteiger partial charge in [-0.15, -0.1) is 0 Å². The number of amides is 2. The van der Waals surface area contributed by atoms with E-state index in [-0.39, 0.29) is 24.4 Å². The van der Waals surface area contributed by atoms with Crippen molar-refractivity contribution in [2.45, 2.75) is 26.3 Å². The number of hydrogen-bond acceptors (Lipinski definition) is 5. The van der Waals surface area contributed by atoms with Crippen LogP contribution in [0.5, 0.6) is 0 Å². The first-order chi connectivity index (χ1) is 15.4. The first-order valence-electron chi connectivity index (χ1n) is 10.2. The number of anilines is 2. The Morgan fingerprint density at radius 2 is 1.97 bits per heavy atom. The van der Waals surface area contributed by atoms with Crippen LogP contribution >= 0.6 is 11.6 Å². The third-order valence-electron chi connectivity index (χ3n) is 5.20. The molecule has 1 aliphatic heterocycles. The number of nitrogens with one attached hydrogen (secondary N) is 2. The zero-order valence-corrected chi connectivity index (χ0v) is 18.5. The van der Waals surface area contributed by atoms with Crippen molar-refractivity contribution in [2.75, 3.05) is 17.2 Å². The van der Waals surface area contributed by atoms with Crippen LogP contribution in [0.2, 0.25) is 5.02 Å². The summed E-state index contributed by atoms with van der Waals surface area (Å²) in [5.74, 6) is 0.327. The van der Waals surface area contributed by atoms with Crippen LogP contribution in [0.25, 0.3) is 0 Å². The number of hydrazone groups is 1. The van der Waals surface area contributed by atoms with Gasteiger partial charge in [0.25, 0.3) is 5.91 Å². The van der Waals surface area contributed by atoms with Crippen molar-refractivity contribution in [2.24, 2.45) is 5.10 Å². The molecule has 2 N–H and O–H groups in total. The van der Waals surface area contributed by atoms with Crippen molar-refractivity contribution < 1.29 is 14.0 Å². The molecule has 1 aliphatic rings. The third-order valence-corrected chi connectivity index (χ3v) is 5.45. The predicted molar refractivity (Wildman–Crippen MR) is 125 cm³/mol. The Labute approximate surface area is 191 Å². The second-order valence-electron chi connectivity index (χ2n) is 7.59. The summed E-state index contributed by atoms with van der Waals surface area (Å²) >= 11 is 6.01. The van der Waals surface area contributed by atoms with Crippen LogP contribution in [-0.4, -0.2) is 29.1 Å². The van der Waals surface area contributed by atoms with Crippen molar-refractivity contribution in [1.82, 2.24) is 5.01 Å². The molecule has 1 unspecified atom stereocenters. The van der Waals surface area contributed by atoms with Crippen LogP contribution in [0.15, 0.2) is 70.4 Å². The molecule has 0 radical (unpaired) electrons. The van der Waals surface area contributed by atoms with Crippen LogP contribution in [-0.2, 0) is 9.59 Å². The Kier molecular flexibility index (Phi) is 6.28. The summed E-state index contributed by atoms with van der Waals surface area (Å²) in [5, 5.41) is 12.7. The van der Waals surface area contributed by atoms with Gasteiger partial charge in [0.15, 0.2) is 0 Å². The lowest BCUT2D eigenvalue weighted by Gasteiger charge is -2.21. The fourth-order valence-electron chi connectivity index (χ4n) is 3.60. The minimum Gasteiger partial charge on any atom is -0.467 e. The number of hydrogen-bond donors (Lipinski definition) is 2. The summed E-state index contributed by atoms with van der Waals surface area (Å²) in [5.41, 5.74) is 4.09. The molecule has 2 aromatic carbocycles. The van der Waals surface area contributed by atoms with E-state index in [4.69, 9.17) is 16.0 Å². The summed E-state index contributed by atoms with van der Waals surface area (Å²) in [6, 6.07) is 16.2. The van der Waals surface area contributed by atoms with Crippen molar-refractivity contribution in [1.29, 1.82) is 0 Å². The molecule has 0 saturated heterocycles. The Morgan fingerprint density at radius 1 is 1.19 bits per heavy atom. The van der Waals surface area contributed by atoms with Crippen LogP contribution in [0, 0.1) is 6.92 Å². The first-order valence-corrected chi connectivity index (χ1v) is 10.6. The zero-order chi connectivity index (χ0) is 22.7. The molecule has 0 saturated carbocycles. The maximum atomic E-state index is 13.2. The quantitative estimate of drug-likeness (QED) is 0.553. The lowest BCUT2D eigenvalue weighted by molar-refractivity contribution is -0.131. The molecule has 1 atom stereocenters. The van der Waals surface area contributed by atoms with Crippen LogP contribution in [0.4, 0.5) is 11.4 Å². The van der Waals surface area contributed by atoms with E-state index >= 15 is 0 Å². The van der Waals surface area contributed by atoms with Gasteiger partial charge in [0, 0.05) is 29.7 Å². The minimum atomic E-state index is -0.322. The van der Waals surface area contributed by atoms with Crippen molar-refractivity contribution >= 4 is 40.5 Å². The van der Waals surface area contributed by atoms with Gasteiger partial charge in [0.1, 0.15) is 11.8 Å². The largest absolute Gasteiger partial charge is 0.467 e. The molecule has 32 heavy (non-hydrogen) atoms. The highest BCUT2D eigenvalue weighted by Crippen LogP contribution is 2.33. The summed E-state index contributed by atoms with van der Waals surface area (Å²) in [7, 11) is 0. The summed E-state index contributed by atoms with van der Waals surface area (Å²) < 4.78 is 5.59. The monoisotopic (exact) mass is 450 g/mol. The highest BCUT2D eigenvalue weighted by Gasteiger charge is 2.34. The fourth-order valence-corrected chi connectivity index (χ4v) is 3.73. The molecule has 0 bridgehead atoms. The van der Waals surface area contributed by atoms with E-state index < -0.39 is 0 Å². The van der Waals surface area contributed by atoms with Crippen LogP contribution < -0.4 is 10.6 Å².